The van der Waals surface area contributed by atoms with Crippen molar-refractivity contribution in [2.24, 2.45) is 0 Å². The number of para-hydroxylation sites is 2. The number of hydrogen-bond acceptors (Lipinski definition) is 5. The molecule has 34 heavy (non-hydrogen) atoms. The summed E-state index contributed by atoms with van der Waals surface area (Å²) in [7, 11) is 0. The second kappa shape index (κ2) is 10.9. The first-order chi connectivity index (χ1) is 16.2. The van der Waals surface area contributed by atoms with Crippen molar-refractivity contribution in [1.29, 1.82) is 5.26 Å². The molecule has 0 radical (unpaired) electrons. The van der Waals surface area contributed by atoms with Gasteiger partial charge in [0, 0.05) is 37.9 Å². The molecule has 0 saturated carbocycles. The number of nitrogens with one attached hydrogen (secondary N) is 2. The van der Waals surface area contributed by atoms with E-state index in [1.54, 1.807) is 4.57 Å². The van der Waals surface area contributed by atoms with Gasteiger partial charge in [0.1, 0.15) is 0 Å². The van der Waals surface area contributed by atoms with Crippen LogP contribution < -0.4 is 15.9 Å². The Kier molecular flexibility index (Phi) is 7.96. The monoisotopic (exact) mass is 475 g/mol. The van der Waals surface area contributed by atoms with Crippen molar-refractivity contribution >= 4 is 22.7 Å². The number of halogens is 3. The van der Waals surface area contributed by atoms with Crippen LogP contribution >= 0.6 is 0 Å². The van der Waals surface area contributed by atoms with E-state index in [0.717, 1.165) is 43.5 Å². The zero-order valence-electron chi connectivity index (χ0n) is 18.2. The minimum Gasteiger partial charge on any atom is -0.475 e. The van der Waals surface area contributed by atoms with Gasteiger partial charge >= 0.3 is 17.8 Å². The molecule has 0 amide bonds. The molecule has 180 valence electrons. The highest BCUT2D eigenvalue weighted by atomic mass is 19.4. The number of aliphatic carboxylic acids is 1. The lowest BCUT2D eigenvalue weighted by molar-refractivity contribution is -0.192. The fraction of sp³-hybridized carbons (Fsp3) is 0.348. The molecule has 2 heterocycles. The summed E-state index contributed by atoms with van der Waals surface area (Å²) in [6, 6.07) is 18.2. The number of benzene rings is 2. The van der Waals surface area contributed by atoms with Crippen LogP contribution in [-0.2, 0) is 11.3 Å². The molecule has 4 rings (SSSR count). The van der Waals surface area contributed by atoms with Crippen molar-refractivity contribution in [3.8, 4) is 6.07 Å². The Balaban J connectivity index is 0.000000406. The Hall–Kier alpha value is -3.78. The Labute approximate surface area is 193 Å². The van der Waals surface area contributed by atoms with Gasteiger partial charge < -0.3 is 20.3 Å². The Morgan fingerprint density at radius 2 is 1.76 bits per heavy atom. The predicted octanol–water partition coefficient (Wildman–Crippen LogP) is 3.09. The highest BCUT2D eigenvalue weighted by Gasteiger charge is 2.38. The largest absolute Gasteiger partial charge is 0.490 e. The smallest absolute Gasteiger partial charge is 0.475 e. The van der Waals surface area contributed by atoms with Gasteiger partial charge in [0.15, 0.2) is 0 Å². The third-order valence-electron chi connectivity index (χ3n) is 5.55. The maximum absolute atomic E-state index is 12.1. The summed E-state index contributed by atoms with van der Waals surface area (Å²) >= 11 is 0. The van der Waals surface area contributed by atoms with Crippen LogP contribution in [-0.4, -0.2) is 52.5 Å². The number of imidazole rings is 1. The van der Waals surface area contributed by atoms with E-state index in [-0.39, 0.29) is 5.69 Å². The standard InChI is InChI=1S/C21H23N5O.C2HF3O2/c22-15-16-5-7-18(8-6-16)25-12-9-17(10-13-25)23-11-14-26-20-4-2-1-3-19(20)24-21(26)27;3-2(4,5)1(6)7/h1-8,17,23H,9-14H2,(H,24,27);(H,6,7). The van der Waals surface area contributed by atoms with E-state index in [1.807, 2.05) is 48.5 Å². The van der Waals surface area contributed by atoms with E-state index in [9.17, 15) is 18.0 Å². The normalized spacial score (nSPS) is 14.4. The number of carboxylic acid groups (broad SMARTS) is 1. The fourth-order valence-corrected chi connectivity index (χ4v) is 3.80. The SMILES string of the molecule is N#Cc1ccc(N2CCC(NCCn3c(=O)[nH]c4ccccc43)CC2)cc1.O=C(O)C(F)(F)F. The fourth-order valence-electron chi connectivity index (χ4n) is 3.80. The van der Waals surface area contributed by atoms with Crippen molar-refractivity contribution in [1.82, 2.24) is 14.9 Å². The molecular formula is C23H24F3N5O3. The maximum Gasteiger partial charge on any atom is 0.490 e. The van der Waals surface area contributed by atoms with Gasteiger partial charge in [-0.15, -0.1) is 0 Å². The number of aromatic amines is 1. The van der Waals surface area contributed by atoms with Crippen LogP contribution in [0, 0.1) is 11.3 Å². The minimum atomic E-state index is -5.08. The van der Waals surface area contributed by atoms with Gasteiger partial charge in [-0.3, -0.25) is 4.57 Å². The molecule has 3 N–H and O–H groups in total. The summed E-state index contributed by atoms with van der Waals surface area (Å²) in [6.45, 7) is 3.44. The van der Waals surface area contributed by atoms with Crippen molar-refractivity contribution in [2.45, 2.75) is 31.6 Å². The average Bonchev–Trinajstić information content (AvgIpc) is 3.14. The van der Waals surface area contributed by atoms with Gasteiger partial charge in [-0.05, 0) is 49.2 Å². The summed E-state index contributed by atoms with van der Waals surface area (Å²) in [5, 5.41) is 19.6. The highest BCUT2D eigenvalue weighted by molar-refractivity contribution is 5.74. The maximum atomic E-state index is 12.1. The van der Waals surface area contributed by atoms with Crippen LogP contribution in [0.25, 0.3) is 11.0 Å². The van der Waals surface area contributed by atoms with Crippen LogP contribution in [0.1, 0.15) is 18.4 Å². The minimum absolute atomic E-state index is 0.0476. The quantitative estimate of drug-likeness (QED) is 0.523. The number of alkyl halides is 3. The number of H-pyrrole nitrogens is 1. The van der Waals surface area contributed by atoms with Crippen LogP contribution in [0.2, 0.25) is 0 Å². The van der Waals surface area contributed by atoms with E-state index in [2.05, 4.69) is 21.3 Å². The van der Waals surface area contributed by atoms with Crippen LogP contribution in [0.5, 0.6) is 0 Å². The zero-order valence-corrected chi connectivity index (χ0v) is 18.2. The Morgan fingerprint density at radius 1 is 1.15 bits per heavy atom. The molecule has 1 aliphatic heterocycles. The summed E-state index contributed by atoms with van der Waals surface area (Å²) in [6.07, 6.45) is -2.94. The van der Waals surface area contributed by atoms with E-state index >= 15 is 0 Å². The van der Waals surface area contributed by atoms with E-state index in [1.165, 1.54) is 5.69 Å². The lowest BCUT2D eigenvalue weighted by atomic mass is 10.0. The van der Waals surface area contributed by atoms with E-state index in [4.69, 9.17) is 15.2 Å². The number of hydrogen-bond donors (Lipinski definition) is 3. The molecule has 0 aliphatic carbocycles. The molecule has 2 aromatic carbocycles. The molecule has 0 unspecified atom stereocenters. The number of carbonyl (C=O) groups is 1. The number of rotatable bonds is 5. The highest BCUT2D eigenvalue weighted by Crippen LogP contribution is 2.20. The number of nitriles is 1. The number of fused-ring (bicyclic) bond motifs is 1. The van der Waals surface area contributed by atoms with Gasteiger partial charge in [0.2, 0.25) is 0 Å². The molecule has 1 aromatic heterocycles. The van der Waals surface area contributed by atoms with Crippen molar-refractivity contribution in [3.05, 3.63) is 64.6 Å². The average molecular weight is 475 g/mol. The van der Waals surface area contributed by atoms with E-state index < -0.39 is 12.1 Å². The molecule has 0 atom stereocenters. The second-order valence-electron chi connectivity index (χ2n) is 7.78. The molecule has 1 aliphatic rings. The summed E-state index contributed by atoms with van der Waals surface area (Å²) in [5.74, 6) is -2.76. The van der Waals surface area contributed by atoms with Gasteiger partial charge in [-0.2, -0.15) is 18.4 Å². The first-order valence-electron chi connectivity index (χ1n) is 10.6. The molecule has 0 spiro atoms. The topological polar surface area (TPSA) is 114 Å². The third-order valence-corrected chi connectivity index (χ3v) is 5.55. The van der Waals surface area contributed by atoms with Crippen molar-refractivity contribution in [2.75, 3.05) is 24.5 Å². The summed E-state index contributed by atoms with van der Waals surface area (Å²) in [4.78, 5) is 26.3. The number of anilines is 1. The number of carboxylic acids is 1. The van der Waals surface area contributed by atoms with Gasteiger partial charge in [0.05, 0.1) is 22.7 Å². The molecule has 0 bridgehead atoms. The molecule has 3 aromatic rings. The number of piperidine rings is 1. The van der Waals surface area contributed by atoms with Gasteiger partial charge in [0.25, 0.3) is 0 Å². The van der Waals surface area contributed by atoms with Gasteiger partial charge in [-0.1, -0.05) is 12.1 Å². The molecule has 1 saturated heterocycles. The van der Waals surface area contributed by atoms with Crippen molar-refractivity contribution < 1.29 is 23.1 Å². The lowest BCUT2D eigenvalue weighted by Gasteiger charge is -2.34. The predicted molar refractivity (Wildman–Crippen MR) is 121 cm³/mol. The number of nitrogens with zero attached hydrogens (tertiary/aromatic N) is 3. The third kappa shape index (κ3) is 6.39. The first-order valence-corrected chi connectivity index (χ1v) is 10.6. The van der Waals surface area contributed by atoms with Crippen molar-refractivity contribution in [3.63, 3.8) is 0 Å². The molecule has 11 heteroatoms. The molecule has 8 nitrogen and oxygen atoms in total. The Bertz CT molecular complexity index is 1200. The zero-order chi connectivity index (χ0) is 24.7. The van der Waals surface area contributed by atoms with Gasteiger partial charge in [-0.25, -0.2) is 9.59 Å². The molecular weight excluding hydrogens is 451 g/mol. The van der Waals surface area contributed by atoms with Crippen LogP contribution in [0.4, 0.5) is 18.9 Å². The van der Waals surface area contributed by atoms with Crippen LogP contribution in [0.3, 0.4) is 0 Å². The number of aromatic nitrogens is 2. The Morgan fingerprint density at radius 3 is 2.35 bits per heavy atom. The summed E-state index contributed by atoms with van der Waals surface area (Å²) in [5.41, 5.74) is 3.67. The van der Waals surface area contributed by atoms with E-state index in [0.29, 0.717) is 18.2 Å². The van der Waals surface area contributed by atoms with Crippen LogP contribution in [0.15, 0.2) is 53.3 Å². The lowest BCUT2D eigenvalue weighted by Crippen LogP contribution is -2.43. The second-order valence-corrected chi connectivity index (χ2v) is 7.78. The molecule has 1 fully saturated rings. The summed E-state index contributed by atoms with van der Waals surface area (Å²) < 4.78 is 33.5. The first kappa shape index (κ1) is 24.9.